The highest BCUT2D eigenvalue weighted by atomic mass is 16.4. The van der Waals surface area contributed by atoms with Crippen LogP contribution in [0.5, 0.6) is 0 Å². The maximum Gasteiger partial charge on any atom is 0.164 e. The van der Waals surface area contributed by atoms with Gasteiger partial charge in [0, 0.05) is 5.56 Å². The molecule has 0 aromatic heterocycles. The topological polar surface area (TPSA) is 52.8 Å². The minimum atomic E-state index is -1.40. The molecular weight excluding hydrogens is 190 g/mol. The highest BCUT2D eigenvalue weighted by Gasteiger charge is 2.21. The average molecular weight is 203 g/mol. The predicted octanol–water partition coefficient (Wildman–Crippen LogP) is 1.64. The third-order valence-electron chi connectivity index (χ3n) is 2.08. The Labute approximate surface area is 89.1 Å². The molecule has 1 rings (SSSR count). The largest absolute Gasteiger partial charge is 0.411 e. The minimum absolute atomic E-state index is 0.172. The second-order valence-corrected chi connectivity index (χ2v) is 3.37. The van der Waals surface area contributed by atoms with Crippen LogP contribution in [-0.2, 0) is 0 Å². The molecule has 1 aromatic rings. The standard InChI is InChI=1S/C12H13NO2/c1-10(13-15)12(2,14)9-8-11-6-4-3-5-7-11/h3-7,14-15H,1-2H3. The average Bonchev–Trinajstić information content (AvgIpc) is 2.27. The van der Waals surface area contributed by atoms with Gasteiger partial charge in [-0.05, 0) is 26.0 Å². The maximum atomic E-state index is 9.78. The van der Waals surface area contributed by atoms with E-state index in [2.05, 4.69) is 17.0 Å². The van der Waals surface area contributed by atoms with E-state index in [4.69, 9.17) is 5.21 Å². The lowest BCUT2D eigenvalue weighted by molar-refractivity contribution is 0.185. The summed E-state index contributed by atoms with van der Waals surface area (Å²) < 4.78 is 0. The van der Waals surface area contributed by atoms with Crippen LogP contribution in [0.1, 0.15) is 19.4 Å². The summed E-state index contributed by atoms with van der Waals surface area (Å²) in [4.78, 5) is 0. The van der Waals surface area contributed by atoms with Crippen molar-refractivity contribution in [1.82, 2.24) is 0 Å². The summed E-state index contributed by atoms with van der Waals surface area (Å²) >= 11 is 0. The van der Waals surface area contributed by atoms with Crippen LogP contribution in [0.2, 0.25) is 0 Å². The van der Waals surface area contributed by atoms with E-state index in [-0.39, 0.29) is 5.71 Å². The highest BCUT2D eigenvalue weighted by molar-refractivity contribution is 5.92. The number of aliphatic hydroxyl groups is 1. The van der Waals surface area contributed by atoms with Gasteiger partial charge in [-0.1, -0.05) is 35.2 Å². The molecule has 0 saturated carbocycles. The van der Waals surface area contributed by atoms with Crippen LogP contribution in [0.25, 0.3) is 0 Å². The molecule has 0 radical (unpaired) electrons. The number of oxime groups is 1. The molecule has 0 spiro atoms. The van der Waals surface area contributed by atoms with Gasteiger partial charge in [0.05, 0.1) is 5.71 Å². The number of hydrogen-bond acceptors (Lipinski definition) is 3. The maximum absolute atomic E-state index is 9.78. The Morgan fingerprint density at radius 1 is 1.33 bits per heavy atom. The van der Waals surface area contributed by atoms with Gasteiger partial charge < -0.3 is 10.3 Å². The lowest BCUT2D eigenvalue weighted by atomic mass is 10.0. The normalized spacial score (nSPS) is 15.0. The fraction of sp³-hybridized carbons (Fsp3) is 0.250. The molecular formula is C12H13NO2. The summed E-state index contributed by atoms with van der Waals surface area (Å²) in [6.45, 7) is 3.00. The van der Waals surface area contributed by atoms with E-state index in [9.17, 15) is 5.11 Å². The fourth-order valence-electron chi connectivity index (χ4n) is 0.903. The van der Waals surface area contributed by atoms with E-state index in [1.54, 1.807) is 0 Å². The Morgan fingerprint density at radius 2 is 1.93 bits per heavy atom. The van der Waals surface area contributed by atoms with Gasteiger partial charge in [-0.25, -0.2) is 0 Å². The molecule has 2 N–H and O–H groups in total. The monoisotopic (exact) mass is 203 g/mol. The van der Waals surface area contributed by atoms with Crippen molar-refractivity contribution in [2.75, 3.05) is 0 Å². The van der Waals surface area contributed by atoms with Crippen molar-refractivity contribution in [1.29, 1.82) is 0 Å². The quantitative estimate of drug-likeness (QED) is 0.315. The van der Waals surface area contributed by atoms with Gasteiger partial charge in [-0.15, -0.1) is 0 Å². The van der Waals surface area contributed by atoms with E-state index in [1.165, 1.54) is 13.8 Å². The molecule has 3 nitrogen and oxygen atoms in total. The Hall–Kier alpha value is -1.79. The third-order valence-corrected chi connectivity index (χ3v) is 2.08. The minimum Gasteiger partial charge on any atom is -0.411 e. The first-order valence-electron chi connectivity index (χ1n) is 4.56. The van der Waals surface area contributed by atoms with Crippen LogP contribution < -0.4 is 0 Å². The molecule has 0 bridgehead atoms. The summed E-state index contributed by atoms with van der Waals surface area (Å²) in [6, 6.07) is 9.31. The molecule has 15 heavy (non-hydrogen) atoms. The molecule has 0 heterocycles. The van der Waals surface area contributed by atoms with Crippen molar-refractivity contribution >= 4 is 5.71 Å². The molecule has 1 atom stereocenters. The van der Waals surface area contributed by atoms with Gasteiger partial charge in [-0.2, -0.15) is 0 Å². The summed E-state index contributed by atoms with van der Waals surface area (Å²) in [5, 5.41) is 21.2. The van der Waals surface area contributed by atoms with E-state index in [1.807, 2.05) is 30.3 Å². The second kappa shape index (κ2) is 4.63. The van der Waals surface area contributed by atoms with Gasteiger partial charge in [0.1, 0.15) is 0 Å². The Kier molecular flexibility index (Phi) is 3.48. The molecule has 0 amide bonds. The third kappa shape index (κ3) is 3.12. The lowest BCUT2D eigenvalue weighted by Gasteiger charge is -2.13. The van der Waals surface area contributed by atoms with Crippen molar-refractivity contribution in [3.05, 3.63) is 35.9 Å². The Balaban J connectivity index is 2.92. The van der Waals surface area contributed by atoms with Gasteiger partial charge in [0.15, 0.2) is 5.60 Å². The van der Waals surface area contributed by atoms with E-state index in [0.29, 0.717) is 0 Å². The first-order chi connectivity index (χ1) is 7.06. The van der Waals surface area contributed by atoms with Crippen molar-refractivity contribution < 1.29 is 10.3 Å². The van der Waals surface area contributed by atoms with Crippen LogP contribution in [0, 0.1) is 11.8 Å². The molecule has 0 aliphatic carbocycles. The van der Waals surface area contributed by atoms with Crippen LogP contribution in [0.15, 0.2) is 35.5 Å². The summed E-state index contributed by atoms with van der Waals surface area (Å²) in [7, 11) is 0. The van der Waals surface area contributed by atoms with Gasteiger partial charge in [-0.3, -0.25) is 0 Å². The highest BCUT2D eigenvalue weighted by Crippen LogP contribution is 2.05. The van der Waals surface area contributed by atoms with Crippen LogP contribution in [-0.4, -0.2) is 21.6 Å². The molecule has 0 aliphatic rings. The Morgan fingerprint density at radius 3 is 2.47 bits per heavy atom. The van der Waals surface area contributed by atoms with Gasteiger partial charge >= 0.3 is 0 Å². The molecule has 3 heteroatoms. The first kappa shape index (κ1) is 11.3. The zero-order valence-corrected chi connectivity index (χ0v) is 8.73. The van der Waals surface area contributed by atoms with Crippen molar-refractivity contribution in [2.24, 2.45) is 5.16 Å². The van der Waals surface area contributed by atoms with E-state index >= 15 is 0 Å². The van der Waals surface area contributed by atoms with E-state index < -0.39 is 5.60 Å². The molecule has 1 unspecified atom stereocenters. The smallest absolute Gasteiger partial charge is 0.164 e. The fourth-order valence-corrected chi connectivity index (χ4v) is 0.903. The van der Waals surface area contributed by atoms with Crippen molar-refractivity contribution in [3.8, 4) is 11.8 Å². The first-order valence-corrected chi connectivity index (χ1v) is 4.56. The van der Waals surface area contributed by atoms with Gasteiger partial charge in [0.25, 0.3) is 0 Å². The SMILES string of the molecule is CC(=NO)C(C)(O)C#Cc1ccccc1. The van der Waals surface area contributed by atoms with Gasteiger partial charge in [0.2, 0.25) is 0 Å². The molecule has 1 aromatic carbocycles. The van der Waals surface area contributed by atoms with Crippen molar-refractivity contribution in [3.63, 3.8) is 0 Å². The Bertz CT molecular complexity index is 410. The summed E-state index contributed by atoms with van der Waals surface area (Å²) in [5.41, 5.74) is -0.417. The van der Waals surface area contributed by atoms with Crippen LogP contribution in [0.4, 0.5) is 0 Å². The van der Waals surface area contributed by atoms with Crippen molar-refractivity contribution in [2.45, 2.75) is 19.4 Å². The second-order valence-electron chi connectivity index (χ2n) is 3.37. The van der Waals surface area contributed by atoms with E-state index in [0.717, 1.165) is 5.56 Å². The number of nitrogens with zero attached hydrogens (tertiary/aromatic N) is 1. The van der Waals surface area contributed by atoms with Crippen LogP contribution >= 0.6 is 0 Å². The number of hydrogen-bond donors (Lipinski definition) is 2. The lowest BCUT2D eigenvalue weighted by Crippen LogP contribution is -2.31. The molecule has 0 saturated heterocycles. The number of rotatable bonds is 1. The molecule has 78 valence electrons. The summed E-state index contributed by atoms with van der Waals surface area (Å²) in [5.74, 6) is 5.45. The molecule has 0 aliphatic heterocycles. The zero-order valence-electron chi connectivity index (χ0n) is 8.73. The number of benzene rings is 1. The molecule has 0 fully saturated rings. The summed E-state index contributed by atoms with van der Waals surface area (Å²) in [6.07, 6.45) is 0. The van der Waals surface area contributed by atoms with Crippen LogP contribution in [0.3, 0.4) is 0 Å². The zero-order chi connectivity index (χ0) is 11.3. The predicted molar refractivity (Wildman–Crippen MR) is 58.8 cm³/mol.